The lowest BCUT2D eigenvalue weighted by atomic mass is 10.1. The Labute approximate surface area is 209 Å². The van der Waals surface area contributed by atoms with Gasteiger partial charge in [-0.25, -0.2) is 9.18 Å². The van der Waals surface area contributed by atoms with Crippen LogP contribution < -0.4 is 16.2 Å². The predicted octanol–water partition coefficient (Wildman–Crippen LogP) is 5.57. The minimum atomic E-state index is -0.775. The van der Waals surface area contributed by atoms with Crippen LogP contribution in [0.5, 0.6) is 0 Å². The van der Waals surface area contributed by atoms with E-state index in [1.807, 2.05) is 0 Å². The van der Waals surface area contributed by atoms with Gasteiger partial charge < -0.3 is 10.5 Å². The number of rotatable bonds is 4. The van der Waals surface area contributed by atoms with Gasteiger partial charge in [-0.05, 0) is 62.9 Å². The lowest BCUT2D eigenvalue weighted by molar-refractivity contribution is -0.421. The summed E-state index contributed by atoms with van der Waals surface area (Å²) >= 11 is 0. The first-order valence-corrected chi connectivity index (χ1v) is 11.6. The number of anilines is 1. The first-order chi connectivity index (χ1) is 16.8. The summed E-state index contributed by atoms with van der Waals surface area (Å²) in [6.45, 7) is 9.46. The van der Waals surface area contributed by atoms with Gasteiger partial charge in [0.25, 0.3) is 11.3 Å². The smallest absolute Gasteiger partial charge is 0.414 e. The maximum absolute atomic E-state index is 14.9. The Bertz CT molecular complexity index is 1300. The van der Waals surface area contributed by atoms with Crippen LogP contribution in [0.3, 0.4) is 0 Å². The van der Waals surface area contributed by atoms with E-state index < -0.39 is 28.0 Å². The van der Waals surface area contributed by atoms with Gasteiger partial charge >= 0.3 is 6.09 Å². The second-order valence-corrected chi connectivity index (χ2v) is 9.23. The lowest BCUT2D eigenvalue weighted by Crippen LogP contribution is -2.34. The number of unbranched alkanes of at least 4 members (excludes halogenated alkanes) is 1. The number of amides is 1. The number of carbonyl (C=O) groups is 1. The summed E-state index contributed by atoms with van der Waals surface area (Å²) in [7, 11) is 1.38. The number of carbonyl (C=O) groups excluding carboxylic acids is 1. The highest BCUT2D eigenvalue weighted by atomic mass is 19.1. The number of benzene rings is 1. The van der Waals surface area contributed by atoms with Crippen molar-refractivity contribution in [3.8, 4) is 0 Å². The van der Waals surface area contributed by atoms with Crippen LogP contribution in [-0.4, -0.2) is 28.2 Å². The summed E-state index contributed by atoms with van der Waals surface area (Å²) in [5, 5.41) is 11.6. The topological polar surface area (TPSA) is 121 Å². The van der Waals surface area contributed by atoms with Gasteiger partial charge in [0.1, 0.15) is 17.1 Å². The van der Waals surface area contributed by atoms with Gasteiger partial charge in [-0.15, -0.1) is 0 Å². The van der Waals surface area contributed by atoms with Crippen molar-refractivity contribution in [3.63, 3.8) is 0 Å². The third kappa shape index (κ3) is 6.80. The molecule has 2 aromatic rings. The van der Waals surface area contributed by atoms with E-state index in [1.54, 1.807) is 32.9 Å². The van der Waals surface area contributed by atoms with Crippen molar-refractivity contribution in [2.24, 2.45) is 5.73 Å². The molecule has 0 fully saturated rings. The molecule has 1 aromatic carbocycles. The fourth-order valence-corrected chi connectivity index (χ4v) is 3.19. The molecule has 9 nitrogen and oxygen atoms in total. The second-order valence-electron chi connectivity index (χ2n) is 9.23. The van der Waals surface area contributed by atoms with Gasteiger partial charge in [0.15, 0.2) is 0 Å². The summed E-state index contributed by atoms with van der Waals surface area (Å²) in [5.74, 6) is -0.775. The van der Waals surface area contributed by atoms with Crippen LogP contribution in [-0.2, 0) is 4.74 Å². The van der Waals surface area contributed by atoms with E-state index >= 15 is 0 Å². The lowest BCUT2D eigenvalue weighted by Gasteiger charge is -2.25. The molecule has 36 heavy (non-hydrogen) atoms. The zero-order chi connectivity index (χ0) is 27.2. The maximum Gasteiger partial charge on any atom is 0.414 e. The molecular formula is C26H33FN4O5. The molecule has 0 radical (unpaired) electrons. The first-order valence-electron chi connectivity index (χ1n) is 11.6. The Kier molecular flexibility index (Phi) is 9.16. The number of hydrogen-bond donors (Lipinski definition) is 1. The summed E-state index contributed by atoms with van der Waals surface area (Å²) < 4.78 is 21.4. The predicted molar refractivity (Wildman–Crippen MR) is 140 cm³/mol. The molecule has 0 unspecified atom stereocenters. The molecule has 3 rings (SSSR count). The molecule has 10 heteroatoms. The Morgan fingerprint density at radius 2 is 1.89 bits per heavy atom. The van der Waals surface area contributed by atoms with Crippen molar-refractivity contribution in [2.75, 3.05) is 11.9 Å². The molecule has 1 aromatic heterocycles. The molecule has 1 aliphatic carbocycles. The van der Waals surface area contributed by atoms with E-state index in [4.69, 9.17) is 10.5 Å². The monoisotopic (exact) mass is 500 g/mol. The summed E-state index contributed by atoms with van der Waals surface area (Å²) in [5.41, 5.74) is 4.47. The quantitative estimate of drug-likeness (QED) is 0.433. The number of aromatic nitrogens is 1. The zero-order valence-corrected chi connectivity index (χ0v) is 21.5. The number of nitro groups is 1. The fourth-order valence-electron chi connectivity index (χ4n) is 3.19. The molecule has 0 saturated carbocycles. The van der Waals surface area contributed by atoms with Crippen LogP contribution in [0.1, 0.15) is 53.9 Å². The second kappa shape index (κ2) is 11.7. The summed E-state index contributed by atoms with van der Waals surface area (Å²) in [6, 6.07) is 4.02. The number of ether oxygens (including phenoxy) is 1. The molecule has 0 atom stereocenters. The minimum Gasteiger partial charge on any atom is -0.443 e. The van der Waals surface area contributed by atoms with E-state index in [2.05, 4.69) is 13.8 Å². The average molecular weight is 501 g/mol. The van der Waals surface area contributed by atoms with Gasteiger partial charge in [0, 0.05) is 18.9 Å². The normalized spacial score (nSPS) is 13.5. The standard InChI is InChI=1S/C22H23FN4O5.C4H10/c1-22(2,3)32-21(29)25(4)19-10-13-8-9-26(20(28)15(13)12-16(19)23)14-6-5-7-18(27(30)31)17(24)11-14;1-3-4-2/h6-12H,5,24H2,1-4H3;3-4H2,1-2H3. The van der Waals surface area contributed by atoms with Crippen LogP contribution in [0, 0.1) is 15.9 Å². The molecule has 194 valence electrons. The molecule has 1 heterocycles. The van der Waals surface area contributed by atoms with Crippen molar-refractivity contribution >= 4 is 28.3 Å². The number of pyridine rings is 1. The molecular weight excluding hydrogens is 467 g/mol. The van der Waals surface area contributed by atoms with Crippen LogP contribution >= 0.6 is 0 Å². The molecule has 1 amide bonds. The molecule has 2 N–H and O–H groups in total. The van der Waals surface area contributed by atoms with Gasteiger partial charge in [-0.1, -0.05) is 32.8 Å². The van der Waals surface area contributed by atoms with Gasteiger partial charge in [-0.3, -0.25) is 24.4 Å². The van der Waals surface area contributed by atoms with Crippen LogP contribution in [0.4, 0.5) is 14.9 Å². The van der Waals surface area contributed by atoms with Crippen LogP contribution in [0.25, 0.3) is 16.5 Å². The van der Waals surface area contributed by atoms with Crippen molar-refractivity contribution < 1.29 is 18.8 Å². The molecule has 0 saturated heterocycles. The minimum absolute atomic E-state index is 0.0402. The molecule has 1 aliphatic rings. The summed E-state index contributed by atoms with van der Waals surface area (Å²) in [6.07, 6.45) is 7.85. The van der Waals surface area contributed by atoms with E-state index in [0.29, 0.717) is 11.1 Å². The van der Waals surface area contributed by atoms with Gasteiger partial charge in [0.2, 0.25) is 0 Å². The largest absolute Gasteiger partial charge is 0.443 e. The summed E-state index contributed by atoms with van der Waals surface area (Å²) in [4.78, 5) is 36.9. The number of fused-ring (bicyclic) bond motifs is 1. The van der Waals surface area contributed by atoms with E-state index in [9.17, 15) is 24.1 Å². The Morgan fingerprint density at radius 1 is 1.25 bits per heavy atom. The van der Waals surface area contributed by atoms with E-state index in [0.717, 1.165) is 11.0 Å². The third-order valence-electron chi connectivity index (χ3n) is 5.21. The first kappa shape index (κ1) is 28.3. The van der Waals surface area contributed by atoms with Crippen molar-refractivity contribution in [1.29, 1.82) is 0 Å². The highest BCUT2D eigenvalue weighted by Crippen LogP contribution is 2.26. The van der Waals surface area contributed by atoms with Gasteiger partial charge in [0.05, 0.1) is 16.0 Å². The molecule has 0 aliphatic heterocycles. The number of halogens is 1. The number of nitrogens with zero attached hydrogens (tertiary/aromatic N) is 3. The van der Waals surface area contributed by atoms with Crippen LogP contribution in [0.15, 0.2) is 58.8 Å². The zero-order valence-electron chi connectivity index (χ0n) is 21.5. The van der Waals surface area contributed by atoms with Crippen molar-refractivity contribution in [3.05, 3.63) is 80.3 Å². The average Bonchev–Trinajstić information content (AvgIpc) is 2.99. The number of hydrogen-bond acceptors (Lipinski definition) is 6. The Hall–Kier alpha value is -3.95. The van der Waals surface area contributed by atoms with Gasteiger partial charge in [-0.2, -0.15) is 0 Å². The fraction of sp³-hybridized carbons (Fsp3) is 0.385. The van der Waals surface area contributed by atoms with Crippen molar-refractivity contribution in [2.45, 2.75) is 59.5 Å². The number of nitrogens with two attached hydrogens (primary N) is 1. The van der Waals surface area contributed by atoms with E-state index in [1.165, 1.54) is 48.9 Å². The highest BCUT2D eigenvalue weighted by Gasteiger charge is 2.23. The number of allylic oxidation sites excluding steroid dienone is 4. The highest BCUT2D eigenvalue weighted by molar-refractivity contribution is 5.93. The van der Waals surface area contributed by atoms with Crippen molar-refractivity contribution in [1.82, 2.24) is 4.57 Å². The molecule has 0 spiro atoms. The third-order valence-corrected chi connectivity index (χ3v) is 5.21. The Morgan fingerprint density at radius 3 is 2.44 bits per heavy atom. The SMILES string of the molecule is CCCC.CN(C(=O)OC(C)(C)C)c1cc2ccn(C3=CCC=C([N+](=O)[O-])C(N)=C3)c(=O)c2cc1F. The van der Waals surface area contributed by atoms with Crippen LogP contribution in [0.2, 0.25) is 0 Å². The molecule has 0 bridgehead atoms. The Balaban J connectivity index is 0.00000106. The maximum atomic E-state index is 14.9. The van der Waals surface area contributed by atoms with E-state index in [-0.39, 0.29) is 28.9 Å².